The van der Waals surface area contributed by atoms with Crippen LogP contribution in [0.5, 0.6) is 5.75 Å². The first-order valence-corrected chi connectivity index (χ1v) is 11.3. The second kappa shape index (κ2) is 9.99. The Labute approximate surface area is 190 Å². The van der Waals surface area contributed by atoms with Gasteiger partial charge in [0.25, 0.3) is 11.1 Å². The molecule has 2 aromatic carbocycles. The van der Waals surface area contributed by atoms with Crippen LogP contribution >= 0.6 is 11.8 Å². The molecule has 32 heavy (non-hydrogen) atoms. The van der Waals surface area contributed by atoms with Crippen molar-refractivity contribution in [2.24, 2.45) is 0 Å². The lowest BCUT2D eigenvalue weighted by Crippen LogP contribution is -2.44. The largest absolute Gasteiger partial charge is 0.489 e. The van der Waals surface area contributed by atoms with Gasteiger partial charge in [0.05, 0.1) is 4.91 Å². The van der Waals surface area contributed by atoms with E-state index in [4.69, 9.17) is 4.74 Å². The van der Waals surface area contributed by atoms with Crippen molar-refractivity contribution >= 4 is 34.9 Å². The van der Waals surface area contributed by atoms with Gasteiger partial charge < -0.3 is 9.64 Å². The molecule has 2 saturated heterocycles. The molecule has 0 saturated carbocycles. The number of ether oxygens (including phenoxy) is 1. The van der Waals surface area contributed by atoms with Gasteiger partial charge in [0.2, 0.25) is 5.91 Å². The van der Waals surface area contributed by atoms with Gasteiger partial charge in [-0.2, -0.15) is 0 Å². The molecule has 0 atom stereocenters. The molecular weight excluding hydrogens is 431 g/mol. The van der Waals surface area contributed by atoms with Crippen molar-refractivity contribution in [2.75, 3.05) is 19.6 Å². The first-order valence-electron chi connectivity index (χ1n) is 10.5. The van der Waals surface area contributed by atoms with Crippen molar-refractivity contribution in [3.8, 4) is 5.75 Å². The van der Waals surface area contributed by atoms with Gasteiger partial charge in [-0.05, 0) is 72.5 Å². The summed E-state index contributed by atoms with van der Waals surface area (Å²) in [6, 6.07) is 13.2. The van der Waals surface area contributed by atoms with Gasteiger partial charge in [-0.25, -0.2) is 4.39 Å². The fourth-order valence-electron chi connectivity index (χ4n) is 3.61. The summed E-state index contributed by atoms with van der Waals surface area (Å²) >= 11 is 0.834. The number of nitrogens with zero attached hydrogens (tertiary/aromatic N) is 2. The van der Waals surface area contributed by atoms with Gasteiger partial charge in [-0.1, -0.05) is 24.3 Å². The summed E-state index contributed by atoms with van der Waals surface area (Å²) in [5.41, 5.74) is 1.53. The molecule has 4 rings (SSSR count). The highest BCUT2D eigenvalue weighted by Crippen LogP contribution is 2.32. The zero-order valence-electron chi connectivity index (χ0n) is 17.5. The van der Waals surface area contributed by atoms with Crippen LogP contribution < -0.4 is 4.74 Å². The SMILES string of the molecule is O=C(CN1C(=O)S/C(=C\c2cccc(OCc3ccc(F)cc3)c2)C1=O)N1CCCCC1. The van der Waals surface area contributed by atoms with E-state index < -0.39 is 11.1 Å². The van der Waals surface area contributed by atoms with Crippen molar-refractivity contribution in [1.29, 1.82) is 0 Å². The van der Waals surface area contributed by atoms with E-state index in [-0.39, 0.29) is 29.8 Å². The zero-order valence-corrected chi connectivity index (χ0v) is 18.3. The molecule has 0 spiro atoms. The summed E-state index contributed by atoms with van der Waals surface area (Å²) in [5.74, 6) is -0.364. The van der Waals surface area contributed by atoms with Crippen molar-refractivity contribution in [3.63, 3.8) is 0 Å². The highest BCUT2D eigenvalue weighted by molar-refractivity contribution is 8.18. The summed E-state index contributed by atoms with van der Waals surface area (Å²) in [6.45, 7) is 1.41. The Balaban J connectivity index is 1.40. The number of imide groups is 1. The van der Waals surface area contributed by atoms with Crippen LogP contribution in [0.4, 0.5) is 9.18 Å². The number of rotatable bonds is 6. The summed E-state index contributed by atoms with van der Waals surface area (Å²) in [4.78, 5) is 40.6. The van der Waals surface area contributed by atoms with E-state index in [9.17, 15) is 18.8 Å². The molecule has 2 aliphatic rings. The van der Waals surface area contributed by atoms with Crippen LogP contribution in [0.3, 0.4) is 0 Å². The first kappa shape index (κ1) is 22.1. The summed E-state index contributed by atoms with van der Waals surface area (Å²) in [6.07, 6.45) is 4.63. The lowest BCUT2D eigenvalue weighted by molar-refractivity contribution is -0.136. The number of benzene rings is 2. The van der Waals surface area contributed by atoms with Gasteiger partial charge >= 0.3 is 0 Å². The quantitative estimate of drug-likeness (QED) is 0.603. The van der Waals surface area contributed by atoms with Gasteiger partial charge in [-0.3, -0.25) is 19.3 Å². The molecule has 6 nitrogen and oxygen atoms in total. The maximum Gasteiger partial charge on any atom is 0.294 e. The molecule has 3 amide bonds. The molecule has 2 heterocycles. The van der Waals surface area contributed by atoms with Crippen LogP contribution in [0.25, 0.3) is 6.08 Å². The van der Waals surface area contributed by atoms with Crippen LogP contribution in [0.2, 0.25) is 0 Å². The van der Waals surface area contributed by atoms with Crippen LogP contribution in [0.1, 0.15) is 30.4 Å². The number of carbonyl (C=O) groups is 3. The van der Waals surface area contributed by atoms with Crippen LogP contribution in [-0.4, -0.2) is 46.5 Å². The second-order valence-electron chi connectivity index (χ2n) is 7.70. The molecule has 2 fully saturated rings. The average Bonchev–Trinajstić information content (AvgIpc) is 3.07. The van der Waals surface area contributed by atoms with Gasteiger partial charge in [0.1, 0.15) is 24.7 Å². The number of piperidine rings is 1. The lowest BCUT2D eigenvalue weighted by atomic mass is 10.1. The average molecular weight is 455 g/mol. The van der Waals surface area contributed by atoms with Gasteiger partial charge in [0.15, 0.2) is 0 Å². The molecule has 0 aromatic heterocycles. The number of likely N-dealkylation sites (tertiary alicyclic amines) is 1. The van der Waals surface area contributed by atoms with Crippen LogP contribution in [-0.2, 0) is 16.2 Å². The molecule has 0 N–H and O–H groups in total. The highest BCUT2D eigenvalue weighted by Gasteiger charge is 2.37. The Kier molecular flexibility index (Phi) is 6.90. The highest BCUT2D eigenvalue weighted by atomic mass is 32.2. The van der Waals surface area contributed by atoms with E-state index in [1.165, 1.54) is 12.1 Å². The fourth-order valence-corrected chi connectivity index (χ4v) is 4.45. The number of hydrogen-bond acceptors (Lipinski definition) is 5. The smallest absolute Gasteiger partial charge is 0.294 e. The Morgan fingerprint density at radius 1 is 1.06 bits per heavy atom. The van der Waals surface area contributed by atoms with E-state index in [0.717, 1.165) is 41.5 Å². The van der Waals surface area contributed by atoms with Crippen LogP contribution in [0.15, 0.2) is 53.4 Å². The molecule has 2 aliphatic heterocycles. The molecule has 0 unspecified atom stereocenters. The Hall–Kier alpha value is -3.13. The first-order chi connectivity index (χ1) is 15.5. The van der Waals surface area contributed by atoms with Crippen molar-refractivity contribution < 1.29 is 23.5 Å². The number of hydrogen-bond donors (Lipinski definition) is 0. The monoisotopic (exact) mass is 454 g/mol. The molecule has 0 bridgehead atoms. The van der Waals surface area contributed by atoms with Crippen molar-refractivity contribution in [2.45, 2.75) is 25.9 Å². The number of thioether (sulfide) groups is 1. The third kappa shape index (κ3) is 5.37. The molecule has 0 aliphatic carbocycles. The topological polar surface area (TPSA) is 66.9 Å². The predicted octanol–water partition coefficient (Wildman–Crippen LogP) is 4.45. The van der Waals surface area contributed by atoms with Gasteiger partial charge in [0, 0.05) is 13.1 Å². The van der Waals surface area contributed by atoms with Crippen molar-refractivity contribution in [3.05, 3.63) is 70.4 Å². The van der Waals surface area contributed by atoms with Gasteiger partial charge in [-0.15, -0.1) is 0 Å². The fraction of sp³-hybridized carbons (Fsp3) is 0.292. The number of carbonyl (C=O) groups excluding carboxylic acids is 3. The third-order valence-corrected chi connectivity index (χ3v) is 6.26. The van der Waals surface area contributed by atoms with Crippen molar-refractivity contribution in [1.82, 2.24) is 9.80 Å². The summed E-state index contributed by atoms with van der Waals surface area (Å²) in [7, 11) is 0. The maximum atomic E-state index is 13.0. The lowest BCUT2D eigenvalue weighted by Gasteiger charge is -2.27. The minimum Gasteiger partial charge on any atom is -0.489 e. The molecule has 0 radical (unpaired) electrons. The summed E-state index contributed by atoms with van der Waals surface area (Å²) < 4.78 is 18.8. The molecular formula is C24H23FN2O4S. The maximum absolute atomic E-state index is 13.0. The van der Waals surface area contributed by atoms with Crippen LogP contribution in [0, 0.1) is 5.82 Å². The molecule has 2 aromatic rings. The normalized spacial score (nSPS) is 17.8. The Bertz CT molecular complexity index is 1050. The van der Waals surface area contributed by atoms with E-state index in [2.05, 4.69) is 0 Å². The third-order valence-electron chi connectivity index (χ3n) is 5.35. The summed E-state index contributed by atoms with van der Waals surface area (Å²) in [5, 5.41) is -0.435. The Morgan fingerprint density at radius 3 is 2.56 bits per heavy atom. The molecule has 8 heteroatoms. The second-order valence-corrected chi connectivity index (χ2v) is 8.69. The molecule has 166 valence electrons. The minimum atomic E-state index is -0.456. The predicted molar refractivity (Wildman–Crippen MR) is 120 cm³/mol. The van der Waals surface area contributed by atoms with E-state index in [1.807, 2.05) is 0 Å². The Morgan fingerprint density at radius 2 is 1.81 bits per heavy atom. The van der Waals surface area contributed by atoms with E-state index in [0.29, 0.717) is 24.4 Å². The number of halogens is 1. The van der Waals surface area contributed by atoms with E-state index in [1.54, 1.807) is 47.4 Å². The standard InChI is InChI=1S/C24H23FN2O4S/c25-19-9-7-17(8-10-19)16-31-20-6-4-5-18(13-20)14-21-23(29)27(24(30)32-21)15-22(28)26-11-2-1-3-12-26/h4-10,13-14H,1-3,11-12,15-16H2/b21-14-. The zero-order chi connectivity index (χ0) is 22.5. The van der Waals surface area contributed by atoms with E-state index >= 15 is 0 Å². The minimum absolute atomic E-state index is 0.190. The number of amides is 3.